The Morgan fingerprint density at radius 1 is 0.519 bits per heavy atom. The van der Waals surface area contributed by atoms with Gasteiger partial charge in [-0.05, 0) is 89.9 Å². The van der Waals surface area contributed by atoms with Gasteiger partial charge in [0.25, 0.3) is 0 Å². The Kier molecular flexibility index (Phi) is 50.3. The van der Waals surface area contributed by atoms with Crippen LogP contribution in [0.15, 0.2) is 72.9 Å². The van der Waals surface area contributed by atoms with Gasteiger partial charge in [-0.1, -0.05) is 248 Å². The van der Waals surface area contributed by atoms with E-state index in [9.17, 15) is 35.1 Å². The van der Waals surface area contributed by atoms with Gasteiger partial charge in [-0.25, -0.2) is 0 Å². The molecule has 1 fully saturated rings. The zero-order valence-corrected chi connectivity index (χ0v) is 49.3. The van der Waals surface area contributed by atoms with Gasteiger partial charge in [0.2, 0.25) is 5.91 Å². The summed E-state index contributed by atoms with van der Waals surface area (Å²) < 4.78 is 17.6. The van der Waals surface area contributed by atoms with E-state index in [1.54, 1.807) is 6.08 Å². The largest absolute Gasteiger partial charge is 0.454 e. The quantitative estimate of drug-likeness (QED) is 0.0195. The first-order valence-electron chi connectivity index (χ1n) is 31.7. The molecular formula is C66H117NO10. The highest BCUT2D eigenvalue weighted by Crippen LogP contribution is 2.26. The van der Waals surface area contributed by atoms with Crippen LogP contribution in [0.25, 0.3) is 0 Å². The molecule has 8 atom stereocenters. The van der Waals surface area contributed by atoms with Gasteiger partial charge in [0, 0.05) is 6.42 Å². The lowest BCUT2D eigenvalue weighted by Gasteiger charge is -2.41. The van der Waals surface area contributed by atoms with Crippen LogP contribution >= 0.6 is 0 Å². The van der Waals surface area contributed by atoms with Crippen LogP contribution in [0.2, 0.25) is 0 Å². The molecule has 1 saturated heterocycles. The van der Waals surface area contributed by atoms with Crippen molar-refractivity contribution in [1.29, 1.82) is 0 Å². The van der Waals surface area contributed by atoms with Crippen molar-refractivity contribution in [3.63, 3.8) is 0 Å². The van der Waals surface area contributed by atoms with E-state index < -0.39 is 67.4 Å². The zero-order valence-electron chi connectivity index (χ0n) is 49.3. The maximum atomic E-state index is 13.4. The van der Waals surface area contributed by atoms with Crippen LogP contribution in [0.4, 0.5) is 0 Å². The molecule has 1 heterocycles. The number of amides is 1. The predicted molar refractivity (Wildman–Crippen MR) is 319 cm³/mol. The predicted octanol–water partition coefficient (Wildman–Crippen LogP) is 15.2. The third kappa shape index (κ3) is 41.7. The summed E-state index contributed by atoms with van der Waals surface area (Å²) >= 11 is 0. The number of carbonyl (C=O) groups excluding carboxylic acids is 2. The number of hydrogen-bond acceptors (Lipinski definition) is 10. The topological polar surface area (TPSA) is 175 Å². The highest BCUT2D eigenvalue weighted by molar-refractivity contribution is 5.80. The number of nitrogens with one attached hydrogen (secondary N) is 1. The number of hydrogen-bond donors (Lipinski definition) is 6. The van der Waals surface area contributed by atoms with Gasteiger partial charge < -0.3 is 45.1 Å². The fourth-order valence-corrected chi connectivity index (χ4v) is 9.58. The molecule has 0 radical (unpaired) electrons. The Labute approximate surface area is 471 Å². The SMILES string of the molecule is CC/C=C/C/C=C/CCCCCCCCCC(=O)OC1C(OCC(NC(=O)C(O)CCCCCCCCCCC/C=C\C/C=C\C/C=C\CCCCC)C(O)/C=C/CCCCCCCCCCCC)OC(CO)C(O)C1O. The highest BCUT2D eigenvalue weighted by atomic mass is 16.7. The number of ether oxygens (including phenoxy) is 3. The van der Waals surface area contributed by atoms with Crippen molar-refractivity contribution in [3.8, 4) is 0 Å². The summed E-state index contributed by atoms with van der Waals surface area (Å²) in [6, 6.07) is -1.03. The van der Waals surface area contributed by atoms with Gasteiger partial charge in [-0.2, -0.15) is 0 Å². The van der Waals surface area contributed by atoms with Gasteiger partial charge in [0.05, 0.1) is 25.4 Å². The summed E-state index contributed by atoms with van der Waals surface area (Å²) in [5.74, 6) is -1.21. The lowest BCUT2D eigenvalue weighted by Crippen LogP contribution is -2.61. The maximum absolute atomic E-state index is 13.4. The monoisotopic (exact) mass is 1080 g/mol. The first-order valence-corrected chi connectivity index (χ1v) is 31.7. The Balaban J connectivity index is 2.65. The van der Waals surface area contributed by atoms with Crippen LogP contribution in [0.5, 0.6) is 0 Å². The lowest BCUT2D eigenvalue weighted by molar-refractivity contribution is -0.305. The zero-order chi connectivity index (χ0) is 56.1. The van der Waals surface area contributed by atoms with Crippen molar-refractivity contribution >= 4 is 11.9 Å². The molecular weight excluding hydrogens is 967 g/mol. The summed E-state index contributed by atoms with van der Waals surface area (Å²) in [6.45, 7) is 5.65. The lowest BCUT2D eigenvalue weighted by atomic mass is 9.99. The second kappa shape index (κ2) is 53.7. The van der Waals surface area contributed by atoms with E-state index in [0.717, 1.165) is 103 Å². The second-order valence-corrected chi connectivity index (χ2v) is 21.8. The van der Waals surface area contributed by atoms with Crippen LogP contribution in [0, 0.1) is 0 Å². The van der Waals surface area contributed by atoms with Crippen molar-refractivity contribution in [2.45, 2.75) is 320 Å². The van der Waals surface area contributed by atoms with Crippen molar-refractivity contribution in [2.24, 2.45) is 0 Å². The van der Waals surface area contributed by atoms with E-state index in [1.807, 2.05) is 6.08 Å². The minimum absolute atomic E-state index is 0.112. The number of carbonyl (C=O) groups is 2. The van der Waals surface area contributed by atoms with Gasteiger partial charge in [-0.3, -0.25) is 9.59 Å². The average Bonchev–Trinajstić information content (AvgIpc) is 3.43. The molecule has 1 aliphatic rings. The Morgan fingerprint density at radius 2 is 0.935 bits per heavy atom. The molecule has 446 valence electrons. The number of aliphatic hydroxyl groups excluding tert-OH is 5. The number of aliphatic hydroxyl groups is 5. The second-order valence-electron chi connectivity index (χ2n) is 21.8. The van der Waals surface area contributed by atoms with Gasteiger partial charge in [0.15, 0.2) is 12.4 Å². The molecule has 0 aromatic carbocycles. The summed E-state index contributed by atoms with van der Waals surface area (Å²) in [5.41, 5.74) is 0. The Morgan fingerprint density at radius 3 is 1.43 bits per heavy atom. The third-order valence-corrected chi connectivity index (χ3v) is 14.6. The van der Waals surface area contributed by atoms with Gasteiger partial charge in [0.1, 0.15) is 24.4 Å². The van der Waals surface area contributed by atoms with E-state index in [2.05, 4.69) is 86.8 Å². The number of allylic oxidation sites excluding steroid dienone is 11. The van der Waals surface area contributed by atoms with Crippen molar-refractivity contribution in [2.75, 3.05) is 13.2 Å². The van der Waals surface area contributed by atoms with E-state index in [0.29, 0.717) is 12.8 Å². The molecule has 0 bridgehead atoms. The molecule has 0 aliphatic carbocycles. The minimum atomic E-state index is -1.62. The fraction of sp³-hybridized carbons (Fsp3) is 0.788. The number of rotatable bonds is 53. The molecule has 0 spiro atoms. The molecule has 1 aliphatic heterocycles. The molecule has 77 heavy (non-hydrogen) atoms. The first-order chi connectivity index (χ1) is 37.7. The fourth-order valence-electron chi connectivity index (χ4n) is 9.58. The number of esters is 1. The van der Waals surface area contributed by atoms with E-state index in [1.165, 1.54) is 122 Å². The van der Waals surface area contributed by atoms with Crippen molar-refractivity contribution in [1.82, 2.24) is 5.32 Å². The summed E-state index contributed by atoms with van der Waals surface area (Å²) in [7, 11) is 0. The third-order valence-electron chi connectivity index (χ3n) is 14.6. The standard InChI is InChI=1S/C66H117NO10/c1-4-7-10-13-16-19-22-25-27-28-29-30-31-32-33-34-35-38-41-44-47-50-53-59(70)65(74)67-57(58(69)52-49-46-43-40-37-24-21-18-15-12-9-6-3)56-75-66-64(63(73)62(72)60(55-68)76-66)77-61(71)54-51-48-45-42-39-36-26-23-20-17-14-11-8-5-2/h8,11,16-17,19-20,25,27,29-30,49,52,57-60,62-64,66,68-70,72-73H,4-7,9-10,12-15,18,21-24,26,28,31-48,50-51,53-56H2,1-3H3,(H,67,74)/b11-8+,19-16-,20-17+,27-25-,30-29-,52-49+. The molecule has 1 rings (SSSR count). The first kappa shape index (κ1) is 72.1. The van der Waals surface area contributed by atoms with E-state index in [-0.39, 0.29) is 19.4 Å². The van der Waals surface area contributed by atoms with E-state index in [4.69, 9.17) is 14.2 Å². The van der Waals surface area contributed by atoms with Crippen LogP contribution in [-0.4, -0.2) is 99.6 Å². The Hall–Kier alpha value is -2.90. The van der Waals surface area contributed by atoms with Crippen molar-refractivity contribution < 1.29 is 49.3 Å². The summed E-state index contributed by atoms with van der Waals surface area (Å²) in [4.78, 5) is 26.5. The molecule has 1 amide bonds. The molecule has 0 aromatic rings. The number of unbranched alkanes of at least 4 members (excludes halogenated alkanes) is 29. The van der Waals surface area contributed by atoms with Crippen LogP contribution < -0.4 is 5.32 Å². The smallest absolute Gasteiger partial charge is 0.306 e. The molecule has 8 unspecified atom stereocenters. The van der Waals surface area contributed by atoms with E-state index >= 15 is 0 Å². The molecule has 11 nitrogen and oxygen atoms in total. The molecule has 0 aromatic heterocycles. The van der Waals surface area contributed by atoms with Crippen molar-refractivity contribution in [3.05, 3.63) is 72.9 Å². The normalized spacial score (nSPS) is 19.5. The van der Waals surface area contributed by atoms with Gasteiger partial charge >= 0.3 is 5.97 Å². The maximum Gasteiger partial charge on any atom is 0.306 e. The molecule has 6 N–H and O–H groups in total. The highest BCUT2D eigenvalue weighted by Gasteiger charge is 2.47. The molecule has 0 saturated carbocycles. The summed E-state index contributed by atoms with van der Waals surface area (Å²) in [6.07, 6.45) is 57.9. The van der Waals surface area contributed by atoms with Gasteiger partial charge in [-0.15, -0.1) is 0 Å². The van der Waals surface area contributed by atoms with Crippen LogP contribution in [0.3, 0.4) is 0 Å². The average molecular weight is 1080 g/mol. The minimum Gasteiger partial charge on any atom is -0.454 e. The van der Waals surface area contributed by atoms with Crippen LogP contribution in [0.1, 0.15) is 271 Å². The molecule has 11 heteroatoms. The van der Waals surface area contributed by atoms with Crippen LogP contribution in [-0.2, 0) is 23.8 Å². The summed E-state index contributed by atoms with van der Waals surface area (Å²) in [5, 5.41) is 57.0. The Bertz CT molecular complexity index is 1530.